The quantitative estimate of drug-likeness (QED) is 0.0181. The molecule has 5 atom stereocenters. The highest BCUT2D eigenvalue weighted by atomic mass is 16.3. The third-order valence-electron chi connectivity index (χ3n) is 19.2. The lowest BCUT2D eigenvalue weighted by Gasteiger charge is -2.29. The van der Waals surface area contributed by atoms with Crippen LogP contribution in [-0.2, 0) is 47.5 Å². The van der Waals surface area contributed by atoms with E-state index in [1.165, 1.54) is 79.5 Å². The lowest BCUT2D eigenvalue weighted by molar-refractivity contribution is 0.00635. The van der Waals surface area contributed by atoms with E-state index >= 15 is 0 Å². The summed E-state index contributed by atoms with van der Waals surface area (Å²) in [6, 6.07) is 8.65. The molecule has 8 aromatic heterocycles. The molecule has 0 aromatic carbocycles. The molecule has 0 amide bonds. The molecule has 10 heterocycles. The lowest BCUT2D eigenvalue weighted by atomic mass is 9.95. The summed E-state index contributed by atoms with van der Waals surface area (Å²) >= 11 is 0. The maximum Gasteiger partial charge on any atom is 0.131 e. The number of hydrogen-bond acceptors (Lipinski definition) is 13. The van der Waals surface area contributed by atoms with Crippen molar-refractivity contribution in [3.05, 3.63) is 211 Å². The molecule has 0 saturated heterocycles. The van der Waals surface area contributed by atoms with E-state index in [0.717, 1.165) is 135 Å². The van der Waals surface area contributed by atoms with Gasteiger partial charge in [-0.05, 0) is 204 Å². The summed E-state index contributed by atoms with van der Waals surface area (Å²) in [7, 11) is 12.2. The number of rotatable bonds is 37. The Labute approximate surface area is 741 Å². The third-order valence-corrected chi connectivity index (χ3v) is 19.2. The summed E-state index contributed by atoms with van der Waals surface area (Å²) in [5, 5.41) is 51.8. The largest absolute Gasteiger partial charge is 0.393 e. The molecule has 2 aliphatic heterocycles. The first-order chi connectivity index (χ1) is 57.5. The number of aryl methyl sites for hydroxylation is 7. The Kier molecular flexibility index (Phi) is 63.9. The van der Waals surface area contributed by atoms with Crippen LogP contribution in [0.2, 0.25) is 0 Å². The van der Waals surface area contributed by atoms with Crippen LogP contribution < -0.4 is 0 Å². The fourth-order valence-electron chi connectivity index (χ4n) is 12.2. The number of hydrogen-bond donors (Lipinski definition) is 8. The van der Waals surface area contributed by atoms with Crippen molar-refractivity contribution in [2.45, 2.75) is 286 Å². The molecule has 0 fully saturated rings. The number of nitrogens with zero attached hydrogens (tertiary/aromatic N) is 13. The molecule has 1 unspecified atom stereocenters. The van der Waals surface area contributed by atoms with Crippen LogP contribution in [0.25, 0.3) is 18.2 Å². The molecule has 2 aliphatic rings. The first-order valence-electron chi connectivity index (χ1n) is 45.0. The molecule has 21 heteroatoms. The predicted molar refractivity (Wildman–Crippen MR) is 521 cm³/mol. The Balaban J connectivity index is 0.00000133. The van der Waals surface area contributed by atoms with Crippen LogP contribution in [0.5, 0.6) is 0 Å². The van der Waals surface area contributed by atoms with Gasteiger partial charge in [0.2, 0.25) is 0 Å². The van der Waals surface area contributed by atoms with Crippen molar-refractivity contribution in [3.8, 4) is 0 Å². The van der Waals surface area contributed by atoms with Gasteiger partial charge in [-0.3, -0.25) is 20.2 Å². The Morgan fingerprint density at radius 1 is 0.459 bits per heavy atom. The zero-order valence-corrected chi connectivity index (χ0v) is 80.0. The predicted octanol–water partition coefficient (Wildman–Crippen LogP) is 23.1. The number of nitrogens with one attached hydrogen (secondary N) is 4. The molecular weight excluding hydrogens is 1520 g/mol. The number of aromatic amines is 4. The van der Waals surface area contributed by atoms with Gasteiger partial charge in [0.25, 0.3) is 0 Å². The van der Waals surface area contributed by atoms with Crippen molar-refractivity contribution < 1.29 is 20.4 Å². The molecule has 122 heavy (non-hydrogen) atoms. The highest BCUT2D eigenvalue weighted by Gasteiger charge is 2.25. The second-order valence-electron chi connectivity index (χ2n) is 36.3. The average Bonchev–Trinajstić information content (AvgIpc) is 1.60. The highest BCUT2D eigenvalue weighted by molar-refractivity contribution is 5.84. The van der Waals surface area contributed by atoms with Crippen molar-refractivity contribution in [1.29, 1.82) is 0 Å². The van der Waals surface area contributed by atoms with E-state index in [1.807, 2.05) is 101 Å². The van der Waals surface area contributed by atoms with Gasteiger partial charge in [0.1, 0.15) is 29.4 Å². The number of aliphatic imine (C=N–C) groups is 2. The third kappa shape index (κ3) is 59.2. The summed E-state index contributed by atoms with van der Waals surface area (Å²) in [5.41, 5.74) is 6.66. The molecule has 686 valence electrons. The molecule has 0 bridgehead atoms. The van der Waals surface area contributed by atoms with E-state index in [1.54, 1.807) is 24.8 Å². The van der Waals surface area contributed by atoms with Crippen LogP contribution in [0.4, 0.5) is 0 Å². The zero-order chi connectivity index (χ0) is 90.5. The number of allylic oxidation sites excluding steroid dienone is 6. The first kappa shape index (κ1) is 113. The van der Waals surface area contributed by atoms with Gasteiger partial charge in [0.15, 0.2) is 0 Å². The van der Waals surface area contributed by atoms with E-state index < -0.39 is 18.3 Å². The Bertz CT molecular complexity index is 3830. The first-order valence-corrected chi connectivity index (χ1v) is 45.0. The smallest absolute Gasteiger partial charge is 0.131 e. The lowest BCUT2D eigenvalue weighted by Crippen LogP contribution is -2.35. The van der Waals surface area contributed by atoms with Crippen LogP contribution >= 0.6 is 0 Å². The maximum absolute atomic E-state index is 10.2. The Morgan fingerprint density at radius 2 is 0.959 bits per heavy atom. The number of aliphatic hydroxyl groups is 4. The fourth-order valence-corrected chi connectivity index (χ4v) is 12.2. The van der Waals surface area contributed by atoms with Gasteiger partial charge in [-0.25, -0.2) is 19.9 Å². The fraction of sp³-hybridized carbons (Fsp3) is 0.604. The molecule has 8 aromatic rings. The van der Waals surface area contributed by atoms with Gasteiger partial charge in [-0.1, -0.05) is 208 Å². The number of aromatic nitrogens is 14. The van der Waals surface area contributed by atoms with E-state index in [0.29, 0.717) is 29.7 Å². The van der Waals surface area contributed by atoms with Crippen molar-refractivity contribution in [1.82, 2.24) is 73.5 Å². The van der Waals surface area contributed by atoms with E-state index in [-0.39, 0.29) is 19.6 Å². The molecule has 0 saturated carbocycles. The molecule has 0 radical (unpaired) electrons. The average molecular weight is 1690 g/mol. The molecule has 10 rings (SSSR count). The summed E-state index contributed by atoms with van der Waals surface area (Å²) in [5.74, 6) is 11.2. The van der Waals surface area contributed by atoms with Gasteiger partial charge in [-0.15, -0.1) is 0 Å². The number of imidazole rings is 4. The van der Waals surface area contributed by atoms with Crippen molar-refractivity contribution in [2.75, 3.05) is 27.2 Å². The SMILES string of the molecule is C.CC(C)C/C=C/C1=CCN=C1.CC(C)C/C=C/c1cccn1C.CC(C)C/C=C/c1ncc[nH]1.CC(C)C/C=C/c1nccn1C.CC(C)CC(O)CC1=CCN=C1.CC(C)CCCc1cccn1C.CC(C)CCCc1ncc[nH]1.CC(C)CCCc1nccn1C.CC(C)C[C@@H]([C@H](O)c1cn[nH]c1)N(C)C.CC(C)C[C@H](O)[C@H](O)c1cn[nH]c1. The molecule has 8 N–H and O–H groups in total. The summed E-state index contributed by atoms with van der Waals surface area (Å²) in [6.45, 7) is 45.6. The van der Waals surface area contributed by atoms with Crippen LogP contribution in [0.15, 0.2) is 175 Å². The van der Waals surface area contributed by atoms with Crippen LogP contribution in [0.3, 0.4) is 0 Å². The van der Waals surface area contributed by atoms with Gasteiger partial charge >= 0.3 is 0 Å². The van der Waals surface area contributed by atoms with Gasteiger partial charge in [-0.2, -0.15) is 10.2 Å². The normalized spacial score (nSPS) is 13.5. The second-order valence-corrected chi connectivity index (χ2v) is 36.3. The topological polar surface area (TPSA) is 269 Å². The van der Waals surface area contributed by atoms with Gasteiger partial charge in [0.05, 0.1) is 43.8 Å². The molecule has 0 spiro atoms. The van der Waals surface area contributed by atoms with Crippen molar-refractivity contribution >= 4 is 30.7 Å². The number of likely N-dealkylation sites (N-methyl/N-ethyl adjacent to an activating group) is 1. The monoisotopic (exact) mass is 1690 g/mol. The van der Waals surface area contributed by atoms with Gasteiger partial charge < -0.3 is 53.6 Å². The number of H-pyrrole nitrogens is 4. The molecule has 0 aliphatic carbocycles. The highest BCUT2D eigenvalue weighted by Crippen LogP contribution is 2.25. The zero-order valence-electron chi connectivity index (χ0n) is 80.0. The van der Waals surface area contributed by atoms with Crippen LogP contribution in [0.1, 0.15) is 294 Å². The van der Waals surface area contributed by atoms with Crippen LogP contribution in [0, 0.1) is 59.2 Å². The number of aliphatic hydroxyl groups excluding tert-OH is 4. The van der Waals surface area contributed by atoms with Crippen molar-refractivity contribution in [3.63, 3.8) is 0 Å². The maximum atomic E-state index is 10.2. The van der Waals surface area contributed by atoms with E-state index in [9.17, 15) is 20.4 Å². The van der Waals surface area contributed by atoms with E-state index in [4.69, 9.17) is 0 Å². The minimum atomic E-state index is -0.832. The van der Waals surface area contributed by atoms with E-state index in [2.05, 4.69) is 316 Å². The summed E-state index contributed by atoms with van der Waals surface area (Å²) in [6.07, 6.45) is 67.5. The minimum Gasteiger partial charge on any atom is -0.393 e. The molecular formula is C101H173N17O4. The Morgan fingerprint density at radius 3 is 1.39 bits per heavy atom. The Hall–Kier alpha value is -8.60. The van der Waals surface area contributed by atoms with Gasteiger partial charge in [0, 0.05) is 156 Å². The second kappa shape index (κ2) is 68.8. The minimum absolute atomic E-state index is 0. The summed E-state index contributed by atoms with van der Waals surface area (Å²) < 4.78 is 8.44. The standard InChI is InChI=1S/C11H21N3O.C11H19N.C11H17N.C10H18N2.C10H16N2.C10H17NO.C10H15N.C9H16N2O2.C9H16N2.C9H14N2.CH4/c1-8(2)5-10(14(3)4)11(15)9-6-12-13-7-9;2*1-10(2)6-4-7-11-8-5-9-12(11)3;2*1-9(2)5-4-6-10-11-7-8-12(10)3;1-8(2)5-10(12)6-9-3-4-11-7-9;1-9(2)4-3-5-10-6-7-11-8-10;1-6(2)3-8(12)9(13)7-4-10-11-5-7;2*1-8(2)4-3-5-9-10-6-7-11-9;/h6-8,10-11,15H,5H2,1-4H3,(H,12,13);5,8-10H,4,6-7H2,1-3H3;4-5,7-10H,6H2,1-3H3;7-9H,4-6H2,1-3H3;4,6-9H,5H2,1-3H3;3,7-8,10,12H,4-6H2,1-2H3;3,5-6,8-9H,4,7H2,1-2H3;4-6,8-9,12-13H,3H2,1-2H3,(H,10,11);6-8H,3-5H2,1-2H3,(H,10,11);3,5-8H,4H2,1-2H3,(H,10,11);1H4/b;;7-4+;;6-4+;;5-3+;;;5-3+;/t10-,11+;;;;;;;8-,9+;;;/m0......0.../s1. The van der Waals surface area contributed by atoms with Crippen LogP contribution in [-0.4, -0.2) is 152 Å². The molecule has 21 nitrogen and oxygen atoms in total. The summed E-state index contributed by atoms with van der Waals surface area (Å²) in [4.78, 5) is 33.0. The van der Waals surface area contributed by atoms with Crippen molar-refractivity contribution in [2.24, 2.45) is 97.4 Å².